The van der Waals surface area contributed by atoms with Crippen LogP contribution in [0, 0.1) is 0 Å². The maximum absolute atomic E-state index is 12.8. The molecule has 3 atom stereocenters. The van der Waals surface area contributed by atoms with E-state index in [2.05, 4.69) is 27.8 Å². The highest BCUT2D eigenvalue weighted by Crippen LogP contribution is 2.40. The van der Waals surface area contributed by atoms with E-state index in [0.29, 0.717) is 24.9 Å². The number of nitrogens with one attached hydrogen (secondary N) is 2. The molecule has 18 heteroatoms. The zero-order valence-electron chi connectivity index (χ0n) is 26.6. The minimum absolute atomic E-state index is 0.0368. The van der Waals surface area contributed by atoms with Crippen LogP contribution in [0.3, 0.4) is 0 Å². The third-order valence-electron chi connectivity index (χ3n) is 7.60. The van der Waals surface area contributed by atoms with Crippen molar-refractivity contribution in [2.45, 2.75) is 41.6 Å². The Kier molecular flexibility index (Phi) is 14.5. The average molecular weight is 781 g/mol. The van der Waals surface area contributed by atoms with Gasteiger partial charge in [-0.2, -0.15) is 4.42 Å². The number of amides is 4. The lowest BCUT2D eigenvalue weighted by molar-refractivity contribution is -0.149. The number of pyridine rings is 1. The van der Waals surface area contributed by atoms with Gasteiger partial charge >= 0.3 is 18.0 Å². The monoisotopic (exact) mass is 779 g/mol. The smallest absolute Gasteiger partial charge is 0.432 e. The highest BCUT2D eigenvalue weighted by molar-refractivity contribution is 8.00. The standard InChI is InChI=1S/C24H25Cl3N4O9S.C9H7N/c25-17(26)20(34)31(27)24(39)40-10-13-11-41-21-15(19(33)30(21)16(13)23(37)38)28-9-5-4-8-14(22(35)36)29-18(32)12-6-2-1-3-7-12;1-2-6-9-8(4-1)5-3-7-10-9/h1-3,6-7,14-15,17,21,28H,4-5,8-11H2,(H,29,32)(H,35,36)(H,37,38);1-7H/t14-,15-,21-;/m1./s1. The second kappa shape index (κ2) is 18.7. The summed E-state index contributed by atoms with van der Waals surface area (Å²) in [5.74, 6) is -4.57. The summed E-state index contributed by atoms with van der Waals surface area (Å²) in [7, 11) is 0. The molecule has 2 aliphatic rings. The van der Waals surface area contributed by atoms with Crippen LogP contribution in [0.5, 0.6) is 0 Å². The summed E-state index contributed by atoms with van der Waals surface area (Å²) >= 11 is 17.5. The summed E-state index contributed by atoms with van der Waals surface area (Å²) in [5.41, 5.74) is 1.21. The zero-order valence-corrected chi connectivity index (χ0v) is 29.7. The molecule has 1 fully saturated rings. The minimum Gasteiger partial charge on any atom is -0.480 e. The molecule has 2 aliphatic heterocycles. The number of benzene rings is 2. The minimum atomic E-state index is -1.61. The molecule has 2 aromatic carbocycles. The Morgan fingerprint density at radius 3 is 2.35 bits per heavy atom. The number of β-lactam (4-membered cyclic amide) rings is 1. The van der Waals surface area contributed by atoms with Gasteiger partial charge in [0.05, 0.1) is 5.52 Å². The molecule has 270 valence electrons. The zero-order chi connectivity index (χ0) is 37.1. The van der Waals surface area contributed by atoms with Crippen molar-refractivity contribution in [1.29, 1.82) is 0 Å². The quantitative estimate of drug-likeness (QED) is 0.0827. The van der Waals surface area contributed by atoms with Crippen LogP contribution in [0.2, 0.25) is 0 Å². The fourth-order valence-electron chi connectivity index (χ4n) is 5.07. The molecule has 3 aromatic rings. The number of fused-ring (bicyclic) bond motifs is 2. The molecule has 5 rings (SSSR count). The first-order chi connectivity index (χ1) is 24.4. The van der Waals surface area contributed by atoms with Crippen molar-refractivity contribution in [3.05, 3.63) is 89.8 Å². The highest BCUT2D eigenvalue weighted by Gasteiger charge is 2.53. The number of carboxylic acids is 2. The molecule has 4 amide bonds. The van der Waals surface area contributed by atoms with Crippen LogP contribution in [0.25, 0.3) is 10.9 Å². The number of aromatic nitrogens is 1. The lowest BCUT2D eigenvalue weighted by Crippen LogP contribution is -2.70. The van der Waals surface area contributed by atoms with Gasteiger partial charge in [-0.3, -0.25) is 24.3 Å². The van der Waals surface area contributed by atoms with Gasteiger partial charge in [0.25, 0.3) is 11.8 Å². The van der Waals surface area contributed by atoms with Crippen LogP contribution >= 0.6 is 46.7 Å². The Bertz CT molecular complexity index is 1730. The molecule has 0 unspecified atom stereocenters. The molecule has 1 aromatic heterocycles. The van der Waals surface area contributed by atoms with Crippen molar-refractivity contribution in [3.63, 3.8) is 0 Å². The van der Waals surface area contributed by atoms with E-state index in [1.54, 1.807) is 30.3 Å². The molecule has 0 spiro atoms. The van der Waals surface area contributed by atoms with Crippen LogP contribution in [-0.2, 0) is 23.9 Å². The number of carboxylic acid groups (broad SMARTS) is 2. The number of hydrogen-bond donors (Lipinski definition) is 4. The van der Waals surface area contributed by atoms with E-state index in [1.807, 2.05) is 30.5 Å². The van der Waals surface area contributed by atoms with Crippen LogP contribution in [-0.4, -0.2) is 101 Å². The Morgan fingerprint density at radius 1 is 1.00 bits per heavy atom. The third kappa shape index (κ3) is 10.3. The van der Waals surface area contributed by atoms with E-state index in [0.717, 1.165) is 10.4 Å². The summed E-state index contributed by atoms with van der Waals surface area (Å²) in [6.07, 6.45) is 1.60. The van der Waals surface area contributed by atoms with E-state index >= 15 is 0 Å². The van der Waals surface area contributed by atoms with Crippen molar-refractivity contribution in [1.82, 2.24) is 24.9 Å². The van der Waals surface area contributed by atoms with E-state index in [4.69, 9.17) is 39.7 Å². The Morgan fingerprint density at radius 2 is 1.69 bits per heavy atom. The number of carbonyl (C=O) groups excluding carboxylic acids is 4. The Hall–Kier alpha value is -4.41. The molecular formula is C33H32Cl3N5O9S. The maximum Gasteiger partial charge on any atom is 0.432 e. The molecule has 1 saturated heterocycles. The number of para-hydroxylation sites is 1. The van der Waals surface area contributed by atoms with Gasteiger partial charge < -0.3 is 25.6 Å². The Balaban J connectivity index is 0.000000493. The molecular weight excluding hydrogens is 749 g/mol. The van der Waals surface area contributed by atoms with Crippen molar-refractivity contribution >= 4 is 93.4 Å². The summed E-state index contributed by atoms with van der Waals surface area (Å²) < 4.78 is 4.94. The van der Waals surface area contributed by atoms with Crippen LogP contribution in [0.4, 0.5) is 4.79 Å². The number of imide groups is 1. The van der Waals surface area contributed by atoms with Crippen LogP contribution < -0.4 is 10.6 Å². The number of halogens is 3. The number of hydrogen-bond acceptors (Lipinski definition) is 10. The largest absolute Gasteiger partial charge is 0.480 e. The molecule has 0 aliphatic carbocycles. The number of nitrogens with zero attached hydrogens (tertiary/aromatic N) is 3. The molecule has 0 saturated carbocycles. The van der Waals surface area contributed by atoms with Gasteiger partial charge in [0.1, 0.15) is 29.8 Å². The number of rotatable bonds is 13. The summed E-state index contributed by atoms with van der Waals surface area (Å²) in [4.78, 5) is 75.8. The predicted octanol–water partition coefficient (Wildman–Crippen LogP) is 4.41. The fourth-order valence-corrected chi connectivity index (χ4v) is 6.86. The van der Waals surface area contributed by atoms with Crippen molar-refractivity contribution in [2.24, 2.45) is 0 Å². The number of alkyl halides is 2. The van der Waals surface area contributed by atoms with Crippen molar-refractivity contribution in [3.8, 4) is 0 Å². The number of thioether (sulfide) groups is 1. The second-order valence-electron chi connectivity index (χ2n) is 11.0. The summed E-state index contributed by atoms with van der Waals surface area (Å²) in [6, 6.07) is 18.6. The van der Waals surface area contributed by atoms with E-state index in [1.165, 1.54) is 17.1 Å². The lowest BCUT2D eigenvalue weighted by Gasteiger charge is -2.49. The predicted molar refractivity (Wildman–Crippen MR) is 190 cm³/mol. The van der Waals surface area contributed by atoms with Gasteiger partial charge in [-0.05, 0) is 50.1 Å². The topological polar surface area (TPSA) is 196 Å². The third-order valence-corrected chi connectivity index (χ3v) is 9.61. The number of ether oxygens (including phenoxy) is 1. The fraction of sp³-hybridized carbons (Fsp3) is 0.303. The number of carbonyl (C=O) groups is 6. The van der Waals surface area contributed by atoms with E-state index < -0.39 is 64.7 Å². The van der Waals surface area contributed by atoms with Crippen LogP contribution in [0.15, 0.2) is 84.2 Å². The average Bonchev–Trinajstić information content (AvgIpc) is 3.13. The number of unbranched alkanes of at least 4 members (excludes halogenated alkanes) is 1. The summed E-state index contributed by atoms with van der Waals surface area (Å²) in [6.45, 7) is -0.196. The van der Waals surface area contributed by atoms with Gasteiger partial charge in [0.2, 0.25) is 5.91 Å². The first-order valence-electron chi connectivity index (χ1n) is 15.4. The Labute approximate surface area is 311 Å². The van der Waals surface area contributed by atoms with Gasteiger partial charge in [0.15, 0.2) is 4.84 Å². The first-order valence-corrected chi connectivity index (χ1v) is 17.6. The van der Waals surface area contributed by atoms with Gasteiger partial charge in [0, 0.05) is 40.2 Å². The molecule has 0 radical (unpaired) electrons. The molecule has 51 heavy (non-hydrogen) atoms. The summed E-state index contributed by atoms with van der Waals surface area (Å²) in [5, 5.41) is 25.4. The molecule has 14 nitrogen and oxygen atoms in total. The molecule has 4 N–H and O–H groups in total. The van der Waals surface area contributed by atoms with Crippen molar-refractivity contribution < 1.29 is 43.7 Å². The lowest BCUT2D eigenvalue weighted by atomic mass is 10.0. The SMILES string of the molecule is O=C(O)C1=C(COC(=O)N(Cl)C(=O)C(Cl)Cl)CS[C@@H]2[C@H](NCCCC[C@@H](NC(=O)c3ccccc3)C(=O)O)C(=O)N12.c1ccc2ncccc2c1. The molecule has 0 bridgehead atoms. The van der Waals surface area contributed by atoms with Gasteiger partial charge in [-0.1, -0.05) is 65.7 Å². The number of aliphatic carboxylic acids is 2. The van der Waals surface area contributed by atoms with E-state index in [-0.39, 0.29) is 27.9 Å². The van der Waals surface area contributed by atoms with Gasteiger partial charge in [-0.25, -0.2) is 14.4 Å². The normalized spacial score (nSPS) is 17.0. The van der Waals surface area contributed by atoms with E-state index in [9.17, 15) is 39.0 Å². The molecule has 3 heterocycles. The second-order valence-corrected chi connectivity index (χ2v) is 13.5. The van der Waals surface area contributed by atoms with Gasteiger partial charge in [-0.15, -0.1) is 11.8 Å². The maximum atomic E-state index is 12.8. The highest BCUT2D eigenvalue weighted by atomic mass is 35.5. The van der Waals surface area contributed by atoms with Crippen LogP contribution in [0.1, 0.15) is 29.6 Å². The van der Waals surface area contributed by atoms with Crippen molar-refractivity contribution in [2.75, 3.05) is 18.9 Å². The first kappa shape index (κ1) is 39.4.